The smallest absolute Gasteiger partial charge is 0.240 e. The molecule has 0 atom stereocenters. The van der Waals surface area contributed by atoms with Gasteiger partial charge in [-0.3, -0.25) is 9.59 Å². The summed E-state index contributed by atoms with van der Waals surface area (Å²) >= 11 is 0. The molecule has 0 saturated heterocycles. The van der Waals surface area contributed by atoms with Gasteiger partial charge in [-0.1, -0.05) is 12.1 Å². The summed E-state index contributed by atoms with van der Waals surface area (Å²) in [5.41, 5.74) is 4.92. The summed E-state index contributed by atoms with van der Waals surface area (Å²) < 4.78 is 16.3. The third kappa shape index (κ3) is 8.85. The molecule has 0 radical (unpaired) electrons. The zero-order chi connectivity index (χ0) is 24.9. The molecule has 2 N–H and O–H groups in total. The highest BCUT2D eigenvalue weighted by Crippen LogP contribution is 2.17. The van der Waals surface area contributed by atoms with Gasteiger partial charge in [0.25, 0.3) is 0 Å². The third-order valence-corrected chi connectivity index (χ3v) is 4.88. The third-order valence-electron chi connectivity index (χ3n) is 4.88. The molecule has 2 amide bonds. The molecular formula is C27H29N3O5. The van der Waals surface area contributed by atoms with Crippen LogP contribution in [0.15, 0.2) is 77.9 Å². The first-order chi connectivity index (χ1) is 17.1. The van der Waals surface area contributed by atoms with Gasteiger partial charge in [0.05, 0.1) is 19.9 Å². The molecule has 0 aliphatic heterocycles. The standard InChI is InChI=1S/C27H29N3O5/c1-3-34-24-14-8-22(9-15-24)29-26(31)16-17-27(32)30-28-18-20-4-12-25(13-5-20)35-19-21-6-10-23(33-2)11-7-21/h4-15,18H,3,16-17,19H2,1-2H3,(H,29,31)(H,30,32). The van der Waals surface area contributed by atoms with E-state index in [4.69, 9.17) is 14.2 Å². The fraction of sp³-hybridized carbons (Fsp3) is 0.222. The number of hydrogen-bond donors (Lipinski definition) is 2. The predicted octanol–water partition coefficient (Wildman–Crippen LogP) is 4.54. The molecule has 0 spiro atoms. The lowest BCUT2D eigenvalue weighted by Gasteiger charge is -2.07. The Morgan fingerprint density at radius 3 is 2.06 bits per heavy atom. The number of carbonyl (C=O) groups is 2. The Balaban J connectivity index is 1.35. The predicted molar refractivity (Wildman–Crippen MR) is 135 cm³/mol. The van der Waals surface area contributed by atoms with E-state index < -0.39 is 0 Å². The van der Waals surface area contributed by atoms with Gasteiger partial charge in [-0.15, -0.1) is 0 Å². The first-order valence-corrected chi connectivity index (χ1v) is 11.3. The molecule has 8 nitrogen and oxygen atoms in total. The van der Waals surface area contributed by atoms with Crippen LogP contribution in [-0.4, -0.2) is 31.7 Å². The number of benzene rings is 3. The van der Waals surface area contributed by atoms with E-state index in [1.807, 2.05) is 55.5 Å². The summed E-state index contributed by atoms with van der Waals surface area (Å²) in [5, 5.41) is 6.70. The molecule has 0 heterocycles. The summed E-state index contributed by atoms with van der Waals surface area (Å²) in [4.78, 5) is 24.0. The van der Waals surface area contributed by atoms with Gasteiger partial charge in [0, 0.05) is 18.5 Å². The van der Waals surface area contributed by atoms with E-state index in [0.29, 0.717) is 18.9 Å². The number of ether oxygens (including phenoxy) is 3. The van der Waals surface area contributed by atoms with E-state index in [9.17, 15) is 9.59 Å². The summed E-state index contributed by atoms with van der Waals surface area (Å²) in [6.07, 6.45) is 1.61. The quantitative estimate of drug-likeness (QED) is 0.296. The molecule has 0 saturated carbocycles. The van der Waals surface area contributed by atoms with Crippen LogP contribution in [-0.2, 0) is 16.2 Å². The number of nitrogens with zero attached hydrogens (tertiary/aromatic N) is 1. The van der Waals surface area contributed by atoms with E-state index in [2.05, 4.69) is 15.8 Å². The molecule has 3 rings (SSSR count). The van der Waals surface area contributed by atoms with Crippen LogP contribution >= 0.6 is 0 Å². The fourth-order valence-corrected chi connectivity index (χ4v) is 3.02. The minimum atomic E-state index is -0.345. The Morgan fingerprint density at radius 2 is 1.40 bits per heavy atom. The molecule has 0 fully saturated rings. The number of nitrogens with one attached hydrogen (secondary N) is 2. The second-order valence-electron chi connectivity index (χ2n) is 7.50. The molecule has 0 aliphatic rings. The zero-order valence-corrected chi connectivity index (χ0v) is 19.8. The molecule has 3 aromatic carbocycles. The van der Waals surface area contributed by atoms with E-state index >= 15 is 0 Å². The highest BCUT2D eigenvalue weighted by molar-refractivity contribution is 5.93. The highest BCUT2D eigenvalue weighted by Gasteiger charge is 2.07. The normalized spacial score (nSPS) is 10.6. The number of rotatable bonds is 12. The Kier molecular flexibility index (Phi) is 9.68. The van der Waals surface area contributed by atoms with Crippen LogP contribution < -0.4 is 25.0 Å². The van der Waals surface area contributed by atoms with Gasteiger partial charge < -0.3 is 19.5 Å². The SMILES string of the molecule is CCOc1ccc(NC(=O)CCC(=O)NN=Cc2ccc(OCc3ccc(OC)cc3)cc2)cc1. The molecule has 0 unspecified atom stereocenters. The summed E-state index contributed by atoms with van der Waals surface area (Å²) in [5.74, 6) is 1.66. The molecular weight excluding hydrogens is 446 g/mol. The minimum absolute atomic E-state index is 0.0261. The van der Waals surface area contributed by atoms with Crippen molar-refractivity contribution in [2.24, 2.45) is 5.10 Å². The van der Waals surface area contributed by atoms with Gasteiger partial charge >= 0.3 is 0 Å². The Hall–Kier alpha value is -4.33. The first kappa shape index (κ1) is 25.3. The van der Waals surface area contributed by atoms with Crippen molar-refractivity contribution in [1.82, 2.24) is 5.43 Å². The number of anilines is 1. The maximum atomic E-state index is 12.0. The largest absolute Gasteiger partial charge is 0.497 e. The van der Waals surface area contributed by atoms with Gasteiger partial charge in [-0.25, -0.2) is 5.43 Å². The van der Waals surface area contributed by atoms with Crippen LogP contribution in [0.4, 0.5) is 5.69 Å². The number of amides is 2. The van der Waals surface area contributed by atoms with E-state index in [0.717, 1.165) is 28.4 Å². The zero-order valence-electron chi connectivity index (χ0n) is 19.8. The molecule has 3 aromatic rings. The fourth-order valence-electron chi connectivity index (χ4n) is 3.02. The molecule has 182 valence electrons. The van der Waals surface area contributed by atoms with Gasteiger partial charge in [0.15, 0.2) is 0 Å². The van der Waals surface area contributed by atoms with Crippen LogP contribution in [0.5, 0.6) is 17.2 Å². The molecule has 0 bridgehead atoms. The van der Waals surface area contributed by atoms with Crippen LogP contribution in [0.1, 0.15) is 30.9 Å². The summed E-state index contributed by atoms with van der Waals surface area (Å²) in [6.45, 7) is 2.93. The lowest BCUT2D eigenvalue weighted by molar-refractivity contribution is -0.124. The van der Waals surface area contributed by atoms with E-state index in [1.165, 1.54) is 6.21 Å². The Labute approximate surface area is 204 Å². The Morgan fingerprint density at radius 1 is 0.800 bits per heavy atom. The number of methoxy groups -OCH3 is 1. The van der Waals surface area contributed by atoms with E-state index in [1.54, 1.807) is 31.4 Å². The number of hydrazone groups is 1. The minimum Gasteiger partial charge on any atom is -0.497 e. The second-order valence-corrected chi connectivity index (χ2v) is 7.50. The molecule has 0 aliphatic carbocycles. The van der Waals surface area contributed by atoms with Crippen molar-refractivity contribution < 1.29 is 23.8 Å². The second kappa shape index (κ2) is 13.4. The van der Waals surface area contributed by atoms with Crippen molar-refractivity contribution in [3.63, 3.8) is 0 Å². The van der Waals surface area contributed by atoms with Crippen molar-refractivity contribution in [3.05, 3.63) is 83.9 Å². The Bertz CT molecular complexity index is 1110. The lowest BCUT2D eigenvalue weighted by Crippen LogP contribution is -2.20. The average Bonchev–Trinajstić information content (AvgIpc) is 2.88. The van der Waals surface area contributed by atoms with Gasteiger partial charge in [-0.2, -0.15) is 5.10 Å². The topological polar surface area (TPSA) is 98.2 Å². The van der Waals surface area contributed by atoms with Crippen LogP contribution in [0.25, 0.3) is 0 Å². The molecule has 8 heteroatoms. The van der Waals surface area contributed by atoms with Crippen LogP contribution in [0.2, 0.25) is 0 Å². The van der Waals surface area contributed by atoms with Gasteiger partial charge in [0.1, 0.15) is 23.9 Å². The van der Waals surface area contributed by atoms with Crippen LogP contribution in [0, 0.1) is 0 Å². The first-order valence-electron chi connectivity index (χ1n) is 11.3. The van der Waals surface area contributed by atoms with Crippen molar-refractivity contribution in [2.45, 2.75) is 26.4 Å². The molecule has 0 aromatic heterocycles. The summed E-state index contributed by atoms with van der Waals surface area (Å²) in [6, 6.07) is 22.1. The van der Waals surface area contributed by atoms with Gasteiger partial charge in [0.2, 0.25) is 11.8 Å². The number of carbonyl (C=O) groups excluding carboxylic acids is 2. The van der Waals surface area contributed by atoms with E-state index in [-0.39, 0.29) is 24.7 Å². The maximum absolute atomic E-state index is 12.0. The number of hydrogen-bond acceptors (Lipinski definition) is 6. The lowest BCUT2D eigenvalue weighted by atomic mass is 10.2. The summed E-state index contributed by atoms with van der Waals surface area (Å²) in [7, 11) is 1.63. The maximum Gasteiger partial charge on any atom is 0.240 e. The highest BCUT2D eigenvalue weighted by atomic mass is 16.5. The van der Waals surface area contributed by atoms with Crippen molar-refractivity contribution in [2.75, 3.05) is 19.0 Å². The van der Waals surface area contributed by atoms with Crippen molar-refractivity contribution >= 4 is 23.7 Å². The van der Waals surface area contributed by atoms with Crippen LogP contribution in [0.3, 0.4) is 0 Å². The molecule has 35 heavy (non-hydrogen) atoms. The van der Waals surface area contributed by atoms with Crippen molar-refractivity contribution in [1.29, 1.82) is 0 Å². The van der Waals surface area contributed by atoms with Crippen molar-refractivity contribution in [3.8, 4) is 17.2 Å². The average molecular weight is 476 g/mol. The van der Waals surface area contributed by atoms with Gasteiger partial charge in [-0.05, 0) is 78.7 Å². The monoisotopic (exact) mass is 475 g/mol.